The van der Waals surface area contributed by atoms with E-state index in [0.29, 0.717) is 52.1 Å². The molecule has 0 aromatic carbocycles. The van der Waals surface area contributed by atoms with E-state index in [4.69, 9.17) is 24.8 Å². The second-order valence-corrected chi connectivity index (χ2v) is 14.6. The second-order valence-electron chi connectivity index (χ2n) is 14.6. The highest BCUT2D eigenvalue weighted by atomic mass is 16.7. The number of hydrogen-bond donors (Lipinski definition) is 10. The first-order valence-electron chi connectivity index (χ1n) is 20.3. The van der Waals surface area contributed by atoms with Gasteiger partial charge in [-0.15, -0.1) is 0 Å². The maximum atomic E-state index is 13.8. The summed E-state index contributed by atoms with van der Waals surface area (Å²) in [6.45, 7) is 2.49. The fraction of sp³-hybridized carbons (Fsp3) is 0.838. The van der Waals surface area contributed by atoms with Crippen LogP contribution in [0.4, 0.5) is 0 Å². The first-order valence-corrected chi connectivity index (χ1v) is 20.3. The van der Waals surface area contributed by atoms with Gasteiger partial charge in [-0.3, -0.25) is 38.7 Å². The van der Waals surface area contributed by atoms with Crippen molar-refractivity contribution in [1.29, 1.82) is 0 Å². The number of fused-ring (bicyclic) bond motifs is 3. The molecule has 334 valence electrons. The standard InChI is InChI=1S/C37H67N7O14/c1-26-57-36(55)31(6-3-9-34(53)40-20-29(50)24-47)43-14-12-38-11-13-42(27(22-45)5-2-8-33(52)39-19-28(49)23-46)15-16-44(18-17-43)32(37(56)58-26)7-4-10-35(54)41-21-30(51)25-48/h22,26-32,38,46-51H,2-21,23-25H2,1H3,(H,39,52)(H,40,53)(H,41,54)/t26-,27?,28?,29?,30?,31?,32?/m0/s1. The highest BCUT2D eigenvalue weighted by molar-refractivity contribution is 5.79. The fourth-order valence-corrected chi connectivity index (χ4v) is 6.66. The summed E-state index contributed by atoms with van der Waals surface area (Å²) in [6, 6.07) is -2.26. The Kier molecular flexibility index (Phi) is 25.3. The predicted octanol–water partition coefficient (Wildman–Crippen LogP) is -4.83. The highest BCUT2D eigenvalue weighted by Crippen LogP contribution is 2.19. The van der Waals surface area contributed by atoms with Crippen molar-refractivity contribution in [3.05, 3.63) is 0 Å². The Morgan fingerprint density at radius 3 is 1.55 bits per heavy atom. The van der Waals surface area contributed by atoms with Gasteiger partial charge in [0.15, 0.2) is 0 Å². The van der Waals surface area contributed by atoms with E-state index >= 15 is 0 Å². The summed E-state index contributed by atoms with van der Waals surface area (Å²) in [4.78, 5) is 83.0. The molecule has 0 aliphatic carbocycles. The molecule has 0 aromatic heterocycles. The molecular formula is C37H67N7O14. The largest absolute Gasteiger partial charge is 0.424 e. The van der Waals surface area contributed by atoms with E-state index in [1.807, 2.05) is 14.7 Å². The SMILES string of the molecule is C[C@H]1OC(=O)C(CCCC(=O)NCC(O)CO)N2CCNCCN(C(C=O)CCCC(=O)NCC(O)CO)CCN(CC2)C(CCCC(=O)NCC(O)CO)C(=O)O1. The van der Waals surface area contributed by atoms with E-state index in [-0.39, 0.29) is 95.4 Å². The molecule has 8 unspecified atom stereocenters. The molecule has 0 spiro atoms. The highest BCUT2D eigenvalue weighted by Gasteiger charge is 2.35. The summed E-state index contributed by atoms with van der Waals surface area (Å²) in [5.41, 5.74) is 0. The molecule has 2 aliphatic rings. The summed E-state index contributed by atoms with van der Waals surface area (Å²) in [5, 5.41) is 66.8. The Bertz CT molecular complexity index is 1250. The van der Waals surface area contributed by atoms with Crippen LogP contribution < -0.4 is 21.3 Å². The van der Waals surface area contributed by atoms with Gasteiger partial charge in [0.05, 0.1) is 44.2 Å². The molecule has 21 nitrogen and oxygen atoms in total. The van der Waals surface area contributed by atoms with E-state index in [0.717, 1.165) is 6.29 Å². The minimum absolute atomic E-state index is 0.0125. The van der Waals surface area contributed by atoms with Gasteiger partial charge in [-0.25, -0.2) is 0 Å². The number of amides is 3. The molecule has 2 fully saturated rings. The third-order valence-corrected chi connectivity index (χ3v) is 10.0. The normalized spacial score (nSPS) is 24.6. The summed E-state index contributed by atoms with van der Waals surface area (Å²) >= 11 is 0. The van der Waals surface area contributed by atoms with Crippen LogP contribution in [0, 0.1) is 0 Å². The van der Waals surface area contributed by atoms with Crippen molar-refractivity contribution in [3.63, 3.8) is 0 Å². The number of aliphatic hydroxyl groups excluding tert-OH is 6. The van der Waals surface area contributed by atoms with Crippen LogP contribution in [0.5, 0.6) is 0 Å². The van der Waals surface area contributed by atoms with Gasteiger partial charge >= 0.3 is 11.9 Å². The summed E-state index contributed by atoms with van der Waals surface area (Å²) in [5.74, 6) is -2.37. The first kappa shape index (κ1) is 50.8. The number of esters is 2. The fourth-order valence-electron chi connectivity index (χ4n) is 6.66. The lowest BCUT2D eigenvalue weighted by Crippen LogP contribution is -2.53. The van der Waals surface area contributed by atoms with Gasteiger partial charge in [0.1, 0.15) is 18.4 Å². The minimum atomic E-state index is -1.27. The van der Waals surface area contributed by atoms with Gasteiger partial charge in [0, 0.05) is 98.2 Å². The first-order chi connectivity index (χ1) is 27.8. The molecule has 2 saturated heterocycles. The zero-order valence-corrected chi connectivity index (χ0v) is 33.7. The number of hydrogen-bond acceptors (Lipinski definition) is 18. The summed E-state index contributed by atoms with van der Waals surface area (Å²) in [6.07, 6.45) is -1.88. The molecule has 2 aliphatic heterocycles. The quantitative estimate of drug-likeness (QED) is 0.0341. The molecule has 2 heterocycles. The second kappa shape index (κ2) is 28.9. The maximum Gasteiger partial charge on any atom is 0.326 e. The lowest BCUT2D eigenvalue weighted by molar-refractivity contribution is -0.190. The van der Waals surface area contributed by atoms with Crippen molar-refractivity contribution in [3.8, 4) is 0 Å². The van der Waals surface area contributed by atoms with Crippen molar-refractivity contribution < 1.29 is 68.9 Å². The van der Waals surface area contributed by atoms with Gasteiger partial charge in [0.25, 0.3) is 0 Å². The molecule has 2 bridgehead atoms. The average Bonchev–Trinajstić information content (AvgIpc) is 3.21. The van der Waals surface area contributed by atoms with Crippen LogP contribution in [0.3, 0.4) is 0 Å². The van der Waals surface area contributed by atoms with Gasteiger partial charge in [-0.2, -0.15) is 0 Å². The smallest absolute Gasteiger partial charge is 0.326 e. The van der Waals surface area contributed by atoms with Gasteiger partial charge in [0.2, 0.25) is 24.0 Å². The Labute approximate surface area is 339 Å². The average molecular weight is 834 g/mol. The van der Waals surface area contributed by atoms with Crippen LogP contribution in [0.25, 0.3) is 0 Å². The molecular weight excluding hydrogens is 766 g/mol. The molecule has 10 N–H and O–H groups in total. The zero-order valence-electron chi connectivity index (χ0n) is 33.7. The number of aliphatic hydroxyl groups is 6. The third kappa shape index (κ3) is 20.1. The lowest BCUT2D eigenvalue weighted by Gasteiger charge is -2.37. The van der Waals surface area contributed by atoms with E-state index in [2.05, 4.69) is 21.3 Å². The lowest BCUT2D eigenvalue weighted by atomic mass is 10.1. The van der Waals surface area contributed by atoms with E-state index in [9.17, 15) is 44.1 Å². The monoisotopic (exact) mass is 833 g/mol. The van der Waals surface area contributed by atoms with Crippen LogP contribution in [0.1, 0.15) is 64.7 Å². The molecule has 3 amide bonds. The number of ether oxygens (including phenoxy) is 2. The van der Waals surface area contributed by atoms with E-state index < -0.39 is 74.5 Å². The topological polar surface area (TPSA) is 300 Å². The van der Waals surface area contributed by atoms with E-state index in [1.54, 1.807) is 0 Å². The number of carbonyl (C=O) groups excluding carboxylic acids is 6. The van der Waals surface area contributed by atoms with Gasteiger partial charge in [-0.1, -0.05) is 0 Å². The Morgan fingerprint density at radius 2 is 1.10 bits per heavy atom. The molecule has 0 radical (unpaired) electrons. The van der Waals surface area contributed by atoms with Crippen LogP contribution in [0.15, 0.2) is 0 Å². The van der Waals surface area contributed by atoms with Crippen molar-refractivity contribution in [2.75, 3.05) is 91.8 Å². The Morgan fingerprint density at radius 1 is 0.690 bits per heavy atom. The minimum Gasteiger partial charge on any atom is -0.424 e. The van der Waals surface area contributed by atoms with Gasteiger partial charge in [-0.05, 0) is 38.5 Å². The third-order valence-electron chi connectivity index (χ3n) is 10.0. The van der Waals surface area contributed by atoms with Crippen LogP contribution in [0.2, 0.25) is 0 Å². The molecule has 0 saturated carbocycles. The number of nitrogens with zero attached hydrogens (tertiary/aromatic N) is 3. The van der Waals surface area contributed by atoms with Crippen LogP contribution in [-0.2, 0) is 38.2 Å². The number of carbonyl (C=O) groups is 6. The van der Waals surface area contributed by atoms with Crippen molar-refractivity contribution in [2.45, 2.75) is 107 Å². The van der Waals surface area contributed by atoms with Crippen LogP contribution in [-0.4, -0.2) is 216 Å². The summed E-state index contributed by atoms with van der Waals surface area (Å²) < 4.78 is 11.3. The number of rotatable bonds is 23. The molecule has 9 atom stereocenters. The number of aldehydes is 1. The molecule has 0 aromatic rings. The molecule has 2 rings (SSSR count). The van der Waals surface area contributed by atoms with Crippen molar-refractivity contribution >= 4 is 35.9 Å². The van der Waals surface area contributed by atoms with Crippen molar-refractivity contribution in [2.24, 2.45) is 0 Å². The number of nitrogens with one attached hydrogen (secondary N) is 4. The van der Waals surface area contributed by atoms with E-state index in [1.165, 1.54) is 6.92 Å². The number of cyclic esters (lactones) is 2. The molecule has 21 heteroatoms. The summed E-state index contributed by atoms with van der Waals surface area (Å²) in [7, 11) is 0. The van der Waals surface area contributed by atoms with Gasteiger partial charge < -0.3 is 66.2 Å². The Balaban J connectivity index is 2.31. The Hall–Kier alpha value is -3.38. The predicted molar refractivity (Wildman–Crippen MR) is 207 cm³/mol. The van der Waals surface area contributed by atoms with Crippen molar-refractivity contribution in [1.82, 2.24) is 36.0 Å². The maximum absolute atomic E-state index is 13.8. The van der Waals surface area contributed by atoms with Crippen LogP contribution >= 0.6 is 0 Å². The zero-order chi connectivity index (χ0) is 42.9. The molecule has 58 heavy (non-hydrogen) atoms.